The first-order chi connectivity index (χ1) is 7.84. The van der Waals surface area contributed by atoms with Crippen LogP contribution in [0.1, 0.15) is 5.56 Å². The van der Waals surface area contributed by atoms with Crippen molar-refractivity contribution >= 4 is 24.2 Å². The van der Waals surface area contributed by atoms with E-state index in [2.05, 4.69) is 25.0 Å². The molecule has 0 amide bonds. The molecule has 1 atom stereocenters. The molecule has 0 spiro atoms. The van der Waals surface area contributed by atoms with Gasteiger partial charge in [0.1, 0.15) is 0 Å². The minimum absolute atomic E-state index is 0.181. The SMILES string of the molecule is O=[P+](OCF)Oc1ccc(Br)c(C(F)(F)F)c1. The average Bonchev–Trinajstić information content (AvgIpc) is 2.19. The topological polar surface area (TPSA) is 35.5 Å². The lowest BCUT2D eigenvalue weighted by Crippen LogP contribution is -2.06. The van der Waals surface area contributed by atoms with Crippen LogP contribution < -0.4 is 4.52 Å². The minimum atomic E-state index is -4.58. The molecule has 0 bridgehead atoms. The number of hydrogen-bond acceptors (Lipinski definition) is 3. The van der Waals surface area contributed by atoms with Gasteiger partial charge >= 0.3 is 14.4 Å². The van der Waals surface area contributed by atoms with Crippen molar-refractivity contribution in [2.24, 2.45) is 0 Å². The first kappa shape index (κ1) is 14.3. The molecule has 0 saturated heterocycles. The van der Waals surface area contributed by atoms with Crippen molar-refractivity contribution < 1.29 is 31.2 Å². The summed E-state index contributed by atoms with van der Waals surface area (Å²) < 4.78 is 68.0. The Hall–Kier alpha value is -0.720. The third-order valence-electron chi connectivity index (χ3n) is 1.58. The number of rotatable bonds is 4. The molecule has 17 heavy (non-hydrogen) atoms. The molecule has 9 heteroatoms. The highest BCUT2D eigenvalue weighted by atomic mass is 79.9. The monoisotopic (exact) mass is 335 g/mol. The maximum absolute atomic E-state index is 12.5. The van der Waals surface area contributed by atoms with Gasteiger partial charge in [0.2, 0.25) is 6.86 Å². The predicted molar refractivity (Wildman–Crippen MR) is 54.4 cm³/mol. The van der Waals surface area contributed by atoms with E-state index >= 15 is 0 Å². The van der Waals surface area contributed by atoms with Crippen LogP contribution in [0, 0.1) is 0 Å². The summed E-state index contributed by atoms with van der Waals surface area (Å²) in [6.07, 6.45) is -4.58. The van der Waals surface area contributed by atoms with E-state index in [0.29, 0.717) is 6.07 Å². The molecule has 1 aromatic rings. The first-order valence-electron chi connectivity index (χ1n) is 4.05. The molecule has 1 unspecified atom stereocenters. The zero-order chi connectivity index (χ0) is 13.1. The first-order valence-corrected chi connectivity index (χ1v) is 5.94. The van der Waals surface area contributed by atoms with E-state index in [1.54, 1.807) is 0 Å². The second kappa shape index (κ2) is 5.75. The second-order valence-corrected chi connectivity index (χ2v) is 4.43. The van der Waals surface area contributed by atoms with Gasteiger partial charge in [0.05, 0.1) is 5.56 Å². The average molecular weight is 336 g/mol. The highest BCUT2D eigenvalue weighted by Crippen LogP contribution is 2.38. The van der Waals surface area contributed by atoms with E-state index in [9.17, 15) is 22.1 Å². The summed E-state index contributed by atoms with van der Waals surface area (Å²) in [6.45, 7) is -1.35. The van der Waals surface area contributed by atoms with Gasteiger partial charge in [-0.05, 0) is 18.2 Å². The van der Waals surface area contributed by atoms with Gasteiger partial charge in [0, 0.05) is 9.04 Å². The Morgan fingerprint density at radius 1 is 1.35 bits per heavy atom. The summed E-state index contributed by atoms with van der Waals surface area (Å²) in [5.74, 6) is -0.324. The third kappa shape index (κ3) is 4.22. The van der Waals surface area contributed by atoms with Crippen molar-refractivity contribution in [3.63, 3.8) is 0 Å². The summed E-state index contributed by atoms with van der Waals surface area (Å²) in [7, 11) is -2.82. The fourth-order valence-electron chi connectivity index (χ4n) is 0.931. The van der Waals surface area contributed by atoms with Crippen LogP contribution >= 0.6 is 24.2 Å². The Morgan fingerprint density at radius 2 is 2.00 bits per heavy atom. The van der Waals surface area contributed by atoms with Gasteiger partial charge in [-0.2, -0.15) is 13.2 Å². The van der Waals surface area contributed by atoms with Crippen LogP contribution in [0.2, 0.25) is 0 Å². The molecule has 0 fully saturated rings. The van der Waals surface area contributed by atoms with E-state index in [0.717, 1.165) is 12.1 Å². The van der Waals surface area contributed by atoms with E-state index in [1.807, 2.05) is 0 Å². The smallest absolute Gasteiger partial charge is 0.229 e. The van der Waals surface area contributed by atoms with Gasteiger partial charge in [0.25, 0.3) is 0 Å². The molecular formula is C8H5BrF4O3P+. The maximum Gasteiger partial charge on any atom is 0.752 e. The molecule has 0 aliphatic rings. The number of benzene rings is 1. The molecular weight excluding hydrogens is 331 g/mol. The Kier molecular flexibility index (Phi) is 4.85. The second-order valence-electron chi connectivity index (χ2n) is 2.69. The fraction of sp³-hybridized carbons (Fsp3) is 0.250. The van der Waals surface area contributed by atoms with Crippen LogP contribution in [0.5, 0.6) is 5.75 Å². The van der Waals surface area contributed by atoms with Crippen molar-refractivity contribution in [2.45, 2.75) is 6.18 Å². The van der Waals surface area contributed by atoms with Crippen LogP contribution in [0.25, 0.3) is 0 Å². The zero-order valence-electron chi connectivity index (χ0n) is 8.00. The summed E-state index contributed by atoms with van der Waals surface area (Å²) in [5, 5.41) is 0. The molecule has 0 radical (unpaired) electrons. The predicted octanol–water partition coefficient (Wildman–Crippen LogP) is 4.45. The van der Waals surface area contributed by atoms with E-state index in [1.165, 1.54) is 0 Å². The molecule has 0 saturated carbocycles. The Labute approximate surface area is 103 Å². The third-order valence-corrected chi connectivity index (χ3v) is 2.94. The summed E-state index contributed by atoms with van der Waals surface area (Å²) in [6, 6.07) is 2.86. The van der Waals surface area contributed by atoms with Gasteiger partial charge in [0.15, 0.2) is 5.75 Å². The molecule has 0 aromatic heterocycles. The fourth-order valence-corrected chi connectivity index (χ4v) is 1.82. The van der Waals surface area contributed by atoms with Crippen molar-refractivity contribution in [3.05, 3.63) is 28.2 Å². The highest BCUT2D eigenvalue weighted by Gasteiger charge is 2.34. The van der Waals surface area contributed by atoms with Crippen molar-refractivity contribution in [1.29, 1.82) is 0 Å². The maximum atomic E-state index is 12.5. The molecule has 1 aromatic carbocycles. The van der Waals surface area contributed by atoms with Crippen LogP contribution in [0.4, 0.5) is 17.6 Å². The van der Waals surface area contributed by atoms with E-state index in [4.69, 9.17) is 0 Å². The lowest BCUT2D eigenvalue weighted by Gasteiger charge is -2.08. The molecule has 1 rings (SSSR count). The van der Waals surface area contributed by atoms with Gasteiger partial charge < -0.3 is 0 Å². The normalized spacial score (nSPS) is 12.4. The number of halogens is 5. The summed E-state index contributed by atoms with van der Waals surface area (Å²) in [4.78, 5) is 0. The molecule has 3 nitrogen and oxygen atoms in total. The Bertz CT molecular complexity index is 424. The van der Waals surface area contributed by atoms with Gasteiger partial charge in [-0.15, -0.1) is 0 Å². The van der Waals surface area contributed by atoms with E-state index < -0.39 is 26.9 Å². The Morgan fingerprint density at radius 3 is 2.53 bits per heavy atom. The lowest BCUT2D eigenvalue weighted by molar-refractivity contribution is -0.138. The molecule has 0 heterocycles. The highest BCUT2D eigenvalue weighted by molar-refractivity contribution is 9.10. The van der Waals surface area contributed by atoms with Crippen LogP contribution in [-0.4, -0.2) is 6.86 Å². The van der Waals surface area contributed by atoms with Crippen molar-refractivity contribution in [1.82, 2.24) is 0 Å². The molecule has 0 aliphatic carbocycles. The van der Waals surface area contributed by atoms with Crippen LogP contribution in [0.15, 0.2) is 22.7 Å². The quantitative estimate of drug-likeness (QED) is 0.602. The molecule has 0 N–H and O–H groups in total. The lowest BCUT2D eigenvalue weighted by atomic mass is 10.2. The number of alkyl halides is 4. The summed E-state index contributed by atoms with van der Waals surface area (Å²) >= 11 is 2.72. The largest absolute Gasteiger partial charge is 0.752 e. The summed E-state index contributed by atoms with van der Waals surface area (Å²) in [5.41, 5.74) is -0.987. The standard InChI is InChI=1S/C8H5BrF4O3P/c9-7-2-1-5(16-17(14)15-4-10)3-6(7)8(11,12)13/h1-3H,4H2/q+1. The van der Waals surface area contributed by atoms with Crippen molar-refractivity contribution in [2.75, 3.05) is 6.86 Å². The number of hydrogen-bond donors (Lipinski definition) is 0. The van der Waals surface area contributed by atoms with Gasteiger partial charge in [-0.25, -0.2) is 8.91 Å². The molecule has 94 valence electrons. The van der Waals surface area contributed by atoms with Crippen LogP contribution in [-0.2, 0) is 15.3 Å². The van der Waals surface area contributed by atoms with E-state index in [-0.39, 0.29) is 10.2 Å². The Balaban J connectivity index is 2.93. The van der Waals surface area contributed by atoms with Gasteiger partial charge in [-0.1, -0.05) is 20.5 Å². The van der Waals surface area contributed by atoms with Gasteiger partial charge in [-0.3, -0.25) is 0 Å². The minimum Gasteiger partial charge on any atom is -0.229 e. The van der Waals surface area contributed by atoms with Crippen molar-refractivity contribution in [3.8, 4) is 5.75 Å². The zero-order valence-corrected chi connectivity index (χ0v) is 10.5. The molecule has 0 aliphatic heterocycles. The van der Waals surface area contributed by atoms with Crippen LogP contribution in [0.3, 0.4) is 0 Å².